The van der Waals surface area contributed by atoms with Gasteiger partial charge in [-0.1, -0.05) is 0 Å². The molecule has 1 aromatic carbocycles. The van der Waals surface area contributed by atoms with Crippen LogP contribution in [0.15, 0.2) is 12.1 Å². The molecule has 0 saturated carbocycles. The Morgan fingerprint density at radius 2 is 1.88 bits per heavy atom. The van der Waals surface area contributed by atoms with Crippen LogP contribution < -0.4 is 10.5 Å². The fourth-order valence-corrected chi connectivity index (χ4v) is 2.01. The fraction of sp³-hybridized carbons (Fsp3) is 0.273. The van der Waals surface area contributed by atoms with E-state index in [0.29, 0.717) is 11.5 Å². The summed E-state index contributed by atoms with van der Waals surface area (Å²) in [6.45, 7) is 4.10. The number of methoxy groups -OCH3 is 1. The molecule has 0 saturated heterocycles. The van der Waals surface area contributed by atoms with Crippen LogP contribution >= 0.6 is 11.7 Å². The van der Waals surface area contributed by atoms with Crippen molar-refractivity contribution < 1.29 is 4.74 Å². The van der Waals surface area contributed by atoms with Crippen molar-refractivity contribution in [3.05, 3.63) is 23.3 Å². The summed E-state index contributed by atoms with van der Waals surface area (Å²) < 4.78 is 13.5. The van der Waals surface area contributed by atoms with Gasteiger partial charge in [0.25, 0.3) is 0 Å². The number of aryl methyl sites for hydroxylation is 2. The smallest absolute Gasteiger partial charge is 0.165 e. The van der Waals surface area contributed by atoms with Gasteiger partial charge in [-0.3, -0.25) is 0 Å². The minimum atomic E-state index is 0.451. The van der Waals surface area contributed by atoms with E-state index in [4.69, 9.17) is 10.5 Å². The molecule has 0 atom stereocenters. The van der Waals surface area contributed by atoms with Gasteiger partial charge < -0.3 is 10.5 Å². The van der Waals surface area contributed by atoms with Crippen LogP contribution in [0.2, 0.25) is 0 Å². The summed E-state index contributed by atoms with van der Waals surface area (Å²) in [6.07, 6.45) is 0. The molecule has 0 amide bonds. The van der Waals surface area contributed by atoms with Gasteiger partial charge in [-0.05, 0) is 37.1 Å². The molecule has 0 aliphatic rings. The van der Waals surface area contributed by atoms with Crippen LogP contribution in [0.4, 0.5) is 5.82 Å². The lowest BCUT2D eigenvalue weighted by atomic mass is 10.0. The van der Waals surface area contributed by atoms with Crippen molar-refractivity contribution in [1.29, 1.82) is 0 Å². The van der Waals surface area contributed by atoms with E-state index in [0.717, 1.165) is 23.0 Å². The number of ether oxygens (including phenoxy) is 1. The van der Waals surface area contributed by atoms with E-state index in [-0.39, 0.29) is 0 Å². The molecule has 0 aliphatic heterocycles. The molecule has 0 unspecified atom stereocenters. The first-order chi connectivity index (χ1) is 7.63. The predicted molar refractivity (Wildman–Crippen MR) is 65.8 cm³/mol. The van der Waals surface area contributed by atoms with Crippen LogP contribution in [-0.2, 0) is 0 Å². The van der Waals surface area contributed by atoms with Gasteiger partial charge in [0.05, 0.1) is 18.8 Å². The standard InChI is InChI=1S/C11H13N3OS/c1-6-4-8(9(15-3)5-7(6)2)10-11(12)14-16-13-10/h4-5H,1-3H3,(H2,12,14). The second-order valence-electron chi connectivity index (χ2n) is 3.63. The quantitative estimate of drug-likeness (QED) is 0.868. The molecule has 1 heterocycles. The monoisotopic (exact) mass is 235 g/mol. The molecule has 0 fully saturated rings. The second kappa shape index (κ2) is 4.09. The van der Waals surface area contributed by atoms with E-state index >= 15 is 0 Å². The second-order valence-corrected chi connectivity index (χ2v) is 4.16. The summed E-state index contributed by atoms with van der Waals surface area (Å²) in [5, 5.41) is 0. The van der Waals surface area contributed by atoms with Crippen molar-refractivity contribution in [3.63, 3.8) is 0 Å². The van der Waals surface area contributed by atoms with E-state index < -0.39 is 0 Å². The van der Waals surface area contributed by atoms with Crippen LogP contribution in [0, 0.1) is 13.8 Å². The first-order valence-corrected chi connectivity index (χ1v) is 5.60. The molecular formula is C11H13N3OS. The SMILES string of the molecule is COc1cc(C)c(C)cc1-c1nsnc1N. The lowest BCUT2D eigenvalue weighted by Crippen LogP contribution is -1.94. The molecule has 0 bridgehead atoms. The maximum absolute atomic E-state index is 5.77. The van der Waals surface area contributed by atoms with Gasteiger partial charge in [0, 0.05) is 5.56 Å². The Bertz CT molecular complexity index is 522. The topological polar surface area (TPSA) is 61.0 Å². The third-order valence-electron chi connectivity index (χ3n) is 2.58. The van der Waals surface area contributed by atoms with Crippen molar-refractivity contribution in [1.82, 2.24) is 8.75 Å². The van der Waals surface area contributed by atoms with E-state index in [9.17, 15) is 0 Å². The molecule has 0 radical (unpaired) electrons. The Hall–Kier alpha value is -1.62. The van der Waals surface area contributed by atoms with Gasteiger partial charge in [0.15, 0.2) is 5.82 Å². The van der Waals surface area contributed by atoms with Crippen LogP contribution in [0.3, 0.4) is 0 Å². The maximum atomic E-state index is 5.77. The minimum Gasteiger partial charge on any atom is -0.496 e. The molecule has 4 nitrogen and oxygen atoms in total. The van der Waals surface area contributed by atoms with Crippen LogP contribution in [0.25, 0.3) is 11.3 Å². The summed E-state index contributed by atoms with van der Waals surface area (Å²) in [7, 11) is 1.64. The zero-order valence-corrected chi connectivity index (χ0v) is 10.3. The number of benzene rings is 1. The highest BCUT2D eigenvalue weighted by atomic mass is 32.1. The maximum Gasteiger partial charge on any atom is 0.165 e. The highest BCUT2D eigenvalue weighted by molar-refractivity contribution is 6.99. The largest absolute Gasteiger partial charge is 0.496 e. The summed E-state index contributed by atoms with van der Waals surface area (Å²) >= 11 is 1.11. The number of hydrogen-bond acceptors (Lipinski definition) is 5. The number of anilines is 1. The number of rotatable bonds is 2. The Labute approximate surface area is 98.4 Å². The summed E-state index contributed by atoms with van der Waals surface area (Å²) in [5.74, 6) is 1.23. The highest BCUT2D eigenvalue weighted by Gasteiger charge is 2.14. The molecule has 0 aliphatic carbocycles. The van der Waals surface area contributed by atoms with E-state index in [1.165, 1.54) is 11.1 Å². The van der Waals surface area contributed by atoms with Crippen LogP contribution in [0.1, 0.15) is 11.1 Å². The van der Waals surface area contributed by atoms with Gasteiger partial charge in [-0.15, -0.1) is 0 Å². The van der Waals surface area contributed by atoms with Crippen molar-refractivity contribution in [2.45, 2.75) is 13.8 Å². The molecule has 0 spiro atoms. The van der Waals surface area contributed by atoms with Gasteiger partial charge in [-0.2, -0.15) is 8.75 Å². The normalized spacial score (nSPS) is 10.4. The number of aromatic nitrogens is 2. The lowest BCUT2D eigenvalue weighted by molar-refractivity contribution is 0.416. The summed E-state index contributed by atoms with van der Waals surface area (Å²) in [4.78, 5) is 0. The van der Waals surface area contributed by atoms with E-state index in [1.54, 1.807) is 7.11 Å². The van der Waals surface area contributed by atoms with E-state index in [1.807, 2.05) is 26.0 Å². The Morgan fingerprint density at radius 1 is 1.19 bits per heavy atom. The van der Waals surface area contributed by atoms with Gasteiger partial charge in [-0.25, -0.2) is 0 Å². The zero-order chi connectivity index (χ0) is 11.7. The van der Waals surface area contributed by atoms with Crippen LogP contribution in [-0.4, -0.2) is 15.9 Å². The van der Waals surface area contributed by atoms with Crippen LogP contribution in [0.5, 0.6) is 5.75 Å². The summed E-state index contributed by atoms with van der Waals surface area (Å²) in [5.41, 5.74) is 9.73. The number of nitrogens with zero attached hydrogens (tertiary/aromatic N) is 2. The summed E-state index contributed by atoms with van der Waals surface area (Å²) in [6, 6.07) is 4.02. The molecule has 2 rings (SSSR count). The number of nitrogen functional groups attached to an aromatic ring is 1. The molecule has 84 valence electrons. The number of nitrogens with two attached hydrogens (primary N) is 1. The Kier molecular flexibility index (Phi) is 2.78. The molecule has 1 aromatic heterocycles. The predicted octanol–water partition coefficient (Wildman–Crippen LogP) is 2.41. The first kappa shape index (κ1) is 10.9. The zero-order valence-electron chi connectivity index (χ0n) is 9.44. The fourth-order valence-electron chi connectivity index (χ4n) is 1.53. The third kappa shape index (κ3) is 1.74. The van der Waals surface area contributed by atoms with Gasteiger partial charge in [0.1, 0.15) is 11.4 Å². The Balaban J connectivity index is 2.64. The Morgan fingerprint density at radius 3 is 2.44 bits per heavy atom. The van der Waals surface area contributed by atoms with Crippen molar-refractivity contribution in [2.24, 2.45) is 0 Å². The average Bonchev–Trinajstić information content (AvgIpc) is 2.68. The highest BCUT2D eigenvalue weighted by Crippen LogP contribution is 2.34. The third-order valence-corrected chi connectivity index (χ3v) is 3.13. The minimum absolute atomic E-state index is 0.451. The molecular weight excluding hydrogens is 222 g/mol. The van der Waals surface area contributed by atoms with E-state index in [2.05, 4.69) is 8.75 Å². The molecule has 2 aromatic rings. The van der Waals surface area contributed by atoms with Gasteiger partial charge in [0.2, 0.25) is 0 Å². The van der Waals surface area contributed by atoms with Gasteiger partial charge >= 0.3 is 0 Å². The lowest BCUT2D eigenvalue weighted by Gasteiger charge is -2.10. The van der Waals surface area contributed by atoms with Crippen molar-refractivity contribution in [2.75, 3.05) is 12.8 Å². The molecule has 2 N–H and O–H groups in total. The van der Waals surface area contributed by atoms with Crippen molar-refractivity contribution in [3.8, 4) is 17.0 Å². The first-order valence-electron chi connectivity index (χ1n) is 4.87. The van der Waals surface area contributed by atoms with Crippen molar-refractivity contribution >= 4 is 17.5 Å². The number of hydrogen-bond donors (Lipinski definition) is 1. The average molecular weight is 235 g/mol. The molecule has 16 heavy (non-hydrogen) atoms. The molecule has 5 heteroatoms.